The van der Waals surface area contributed by atoms with Crippen LogP contribution in [0.2, 0.25) is 0 Å². The molecule has 0 heteroatoms. The highest BCUT2D eigenvalue weighted by Gasteiger charge is 1.84. The number of rotatable bonds is 4. The fourth-order valence-electron chi connectivity index (χ4n) is 0.707. The van der Waals surface area contributed by atoms with Gasteiger partial charge in [-0.3, -0.25) is 0 Å². The topological polar surface area (TPSA) is 0 Å². The summed E-state index contributed by atoms with van der Waals surface area (Å²) in [6.07, 6.45) is 11.3. The van der Waals surface area contributed by atoms with Gasteiger partial charge in [-0.05, 0) is 31.4 Å². The Morgan fingerprint density at radius 1 is 1.17 bits per heavy atom. The van der Waals surface area contributed by atoms with Gasteiger partial charge in [0.2, 0.25) is 0 Å². The fraction of sp³-hybridized carbons (Fsp3) is 0.333. The van der Waals surface area contributed by atoms with E-state index in [9.17, 15) is 0 Å². The summed E-state index contributed by atoms with van der Waals surface area (Å²) in [4.78, 5) is 0. The molecule has 0 amide bonds. The number of hydrogen-bond donors (Lipinski definition) is 0. The Bertz CT molecular complexity index is 214. The Kier molecular flexibility index (Phi) is 6.08. The molecule has 0 aromatic carbocycles. The van der Waals surface area contributed by atoms with Crippen LogP contribution >= 0.6 is 0 Å². The molecule has 12 heavy (non-hydrogen) atoms. The maximum Gasteiger partial charge on any atom is -0.0376 e. The van der Waals surface area contributed by atoms with Crippen molar-refractivity contribution in [3.63, 3.8) is 0 Å². The Balaban J connectivity index is 4.16. The third-order valence-electron chi connectivity index (χ3n) is 1.76. The van der Waals surface area contributed by atoms with Crippen LogP contribution in [-0.4, -0.2) is 0 Å². The van der Waals surface area contributed by atoms with Gasteiger partial charge in [-0.2, -0.15) is 0 Å². The summed E-state index contributed by atoms with van der Waals surface area (Å²) in [5, 5.41) is 0. The summed E-state index contributed by atoms with van der Waals surface area (Å²) in [5.74, 6) is 0. The minimum absolute atomic E-state index is 1.09. The SMILES string of the molecule is C=C\C(C)=C(C)/C=C/C=C/CC. The van der Waals surface area contributed by atoms with Gasteiger partial charge in [-0.15, -0.1) is 0 Å². The van der Waals surface area contributed by atoms with Crippen molar-refractivity contribution in [3.05, 3.63) is 48.1 Å². The molecular weight excluding hydrogens is 144 g/mol. The molecule has 66 valence electrons. The smallest absolute Gasteiger partial charge is 0.0376 e. The van der Waals surface area contributed by atoms with E-state index in [4.69, 9.17) is 0 Å². The molecule has 0 heterocycles. The van der Waals surface area contributed by atoms with Gasteiger partial charge < -0.3 is 0 Å². The van der Waals surface area contributed by atoms with Crippen molar-refractivity contribution in [3.8, 4) is 0 Å². The highest BCUT2D eigenvalue weighted by molar-refractivity contribution is 5.30. The average Bonchev–Trinajstić information content (AvgIpc) is 2.10. The Morgan fingerprint density at radius 2 is 1.83 bits per heavy atom. The van der Waals surface area contributed by atoms with Gasteiger partial charge >= 0.3 is 0 Å². The zero-order valence-corrected chi connectivity index (χ0v) is 8.30. The molecule has 0 saturated heterocycles. The normalized spacial score (nSPS) is 13.9. The summed E-state index contributed by atoms with van der Waals surface area (Å²) in [6.45, 7) is 10.00. The summed E-state index contributed by atoms with van der Waals surface area (Å²) >= 11 is 0. The van der Waals surface area contributed by atoms with Crippen molar-refractivity contribution < 1.29 is 0 Å². The van der Waals surface area contributed by atoms with Gasteiger partial charge in [-0.25, -0.2) is 0 Å². The van der Waals surface area contributed by atoms with Gasteiger partial charge in [0.25, 0.3) is 0 Å². The summed E-state index contributed by atoms with van der Waals surface area (Å²) < 4.78 is 0. The second kappa shape index (κ2) is 6.66. The average molecular weight is 162 g/mol. The predicted molar refractivity (Wildman–Crippen MR) is 57.1 cm³/mol. The van der Waals surface area contributed by atoms with Crippen molar-refractivity contribution in [2.24, 2.45) is 0 Å². The lowest BCUT2D eigenvalue weighted by atomic mass is 10.1. The first-order chi connectivity index (χ1) is 5.72. The molecule has 0 aromatic rings. The second-order valence-electron chi connectivity index (χ2n) is 2.77. The van der Waals surface area contributed by atoms with Crippen LogP contribution < -0.4 is 0 Å². The molecule has 0 bridgehead atoms. The first-order valence-corrected chi connectivity index (χ1v) is 4.35. The summed E-state index contributed by atoms with van der Waals surface area (Å²) in [6, 6.07) is 0. The van der Waals surface area contributed by atoms with Gasteiger partial charge in [-0.1, -0.05) is 43.9 Å². The number of allylic oxidation sites excluding steroid dienone is 7. The van der Waals surface area contributed by atoms with Crippen molar-refractivity contribution in [2.45, 2.75) is 27.2 Å². The monoisotopic (exact) mass is 162 g/mol. The second-order valence-corrected chi connectivity index (χ2v) is 2.77. The molecule has 0 unspecified atom stereocenters. The lowest BCUT2D eigenvalue weighted by Crippen LogP contribution is -1.73. The molecular formula is C12H18. The highest BCUT2D eigenvalue weighted by Crippen LogP contribution is 2.05. The minimum atomic E-state index is 1.09. The van der Waals surface area contributed by atoms with E-state index in [1.54, 1.807) is 0 Å². The largest absolute Gasteiger partial charge is 0.0988 e. The molecule has 0 rings (SSSR count). The van der Waals surface area contributed by atoms with E-state index in [1.165, 1.54) is 11.1 Å². The fourth-order valence-corrected chi connectivity index (χ4v) is 0.707. The molecule has 0 radical (unpaired) electrons. The molecule has 0 N–H and O–H groups in total. The maximum absolute atomic E-state index is 3.72. The predicted octanol–water partition coefficient (Wildman–Crippen LogP) is 4.03. The molecule has 0 aromatic heterocycles. The van der Waals surface area contributed by atoms with Crippen LogP contribution in [0.5, 0.6) is 0 Å². The van der Waals surface area contributed by atoms with Crippen LogP contribution in [0.4, 0.5) is 0 Å². The Hall–Kier alpha value is -1.04. The lowest BCUT2D eigenvalue weighted by Gasteiger charge is -1.94. The third kappa shape index (κ3) is 4.73. The van der Waals surface area contributed by atoms with E-state index in [0.29, 0.717) is 0 Å². The Morgan fingerprint density at radius 3 is 2.33 bits per heavy atom. The van der Waals surface area contributed by atoms with Crippen LogP contribution in [0.1, 0.15) is 27.2 Å². The molecule has 0 nitrogen and oxygen atoms in total. The lowest BCUT2D eigenvalue weighted by molar-refractivity contribution is 1.22. The van der Waals surface area contributed by atoms with Crippen molar-refractivity contribution in [2.75, 3.05) is 0 Å². The third-order valence-corrected chi connectivity index (χ3v) is 1.76. The zero-order chi connectivity index (χ0) is 9.40. The van der Waals surface area contributed by atoms with E-state index in [0.717, 1.165) is 6.42 Å². The molecule has 0 aliphatic heterocycles. The first-order valence-electron chi connectivity index (χ1n) is 4.35. The van der Waals surface area contributed by atoms with Gasteiger partial charge in [0.05, 0.1) is 0 Å². The zero-order valence-electron chi connectivity index (χ0n) is 8.30. The van der Waals surface area contributed by atoms with E-state index in [2.05, 4.69) is 51.7 Å². The van der Waals surface area contributed by atoms with Crippen LogP contribution in [0.25, 0.3) is 0 Å². The van der Waals surface area contributed by atoms with Gasteiger partial charge in [0.15, 0.2) is 0 Å². The molecule has 0 saturated carbocycles. The molecule has 0 aliphatic carbocycles. The van der Waals surface area contributed by atoms with Gasteiger partial charge in [0.1, 0.15) is 0 Å². The van der Waals surface area contributed by atoms with Crippen LogP contribution in [0, 0.1) is 0 Å². The van der Waals surface area contributed by atoms with Crippen LogP contribution in [0.15, 0.2) is 48.1 Å². The quantitative estimate of drug-likeness (QED) is 0.547. The van der Waals surface area contributed by atoms with Crippen LogP contribution in [-0.2, 0) is 0 Å². The van der Waals surface area contributed by atoms with Crippen molar-refractivity contribution >= 4 is 0 Å². The standard InChI is InChI=1S/C12H18/c1-5-7-8-9-10-12(4)11(3)6-2/h6-10H,2,5H2,1,3-4H3/b8-7+,10-9+,12-11-. The molecule has 0 atom stereocenters. The van der Waals surface area contributed by atoms with E-state index in [1.807, 2.05) is 6.08 Å². The highest BCUT2D eigenvalue weighted by atomic mass is 13.9. The van der Waals surface area contributed by atoms with Crippen molar-refractivity contribution in [1.29, 1.82) is 0 Å². The summed E-state index contributed by atoms with van der Waals surface area (Å²) in [5.41, 5.74) is 2.50. The molecule has 0 aliphatic rings. The van der Waals surface area contributed by atoms with Crippen LogP contribution in [0.3, 0.4) is 0 Å². The first kappa shape index (κ1) is 11.0. The molecule has 0 spiro atoms. The van der Waals surface area contributed by atoms with E-state index >= 15 is 0 Å². The maximum atomic E-state index is 3.72. The number of hydrogen-bond acceptors (Lipinski definition) is 0. The van der Waals surface area contributed by atoms with Gasteiger partial charge in [0, 0.05) is 0 Å². The molecule has 0 fully saturated rings. The minimum Gasteiger partial charge on any atom is -0.0988 e. The van der Waals surface area contributed by atoms with E-state index < -0.39 is 0 Å². The van der Waals surface area contributed by atoms with E-state index in [-0.39, 0.29) is 0 Å². The Labute approximate surface area is 76.0 Å². The summed E-state index contributed by atoms with van der Waals surface area (Å²) in [7, 11) is 0. The van der Waals surface area contributed by atoms with Crippen molar-refractivity contribution in [1.82, 2.24) is 0 Å².